The number of aromatic nitrogens is 1. The van der Waals surface area contributed by atoms with Crippen LogP contribution in [-0.4, -0.2) is 34.8 Å². The predicted molar refractivity (Wildman–Crippen MR) is 102 cm³/mol. The van der Waals surface area contributed by atoms with Gasteiger partial charge in [-0.25, -0.2) is 8.78 Å². The second-order valence-electron chi connectivity index (χ2n) is 7.44. The van der Waals surface area contributed by atoms with Gasteiger partial charge in [0.05, 0.1) is 23.4 Å². The van der Waals surface area contributed by atoms with Crippen molar-refractivity contribution in [1.82, 2.24) is 9.88 Å². The monoisotopic (exact) mass is 439 g/mol. The summed E-state index contributed by atoms with van der Waals surface area (Å²) >= 11 is 0. The molecule has 0 spiro atoms. The molecule has 0 bridgehead atoms. The Hall–Kier alpha value is -3.01. The molecular formula is C21H18F5N3O2. The fourth-order valence-corrected chi connectivity index (χ4v) is 3.58. The summed E-state index contributed by atoms with van der Waals surface area (Å²) in [6, 6.07) is 6.73. The highest BCUT2D eigenvalue weighted by Crippen LogP contribution is 2.39. The molecule has 1 aromatic carbocycles. The van der Waals surface area contributed by atoms with Crippen molar-refractivity contribution < 1.29 is 31.2 Å². The highest BCUT2D eigenvalue weighted by atomic mass is 19.4. The van der Waals surface area contributed by atoms with Crippen LogP contribution in [-0.2, 0) is 12.7 Å². The molecule has 0 radical (unpaired) electrons. The molecule has 2 N–H and O–H groups in total. The third-order valence-electron chi connectivity index (χ3n) is 5.26. The van der Waals surface area contributed by atoms with E-state index in [-0.39, 0.29) is 53.2 Å². The van der Waals surface area contributed by atoms with Gasteiger partial charge in [-0.2, -0.15) is 13.2 Å². The Kier molecular flexibility index (Phi) is 5.20. The molecule has 5 nitrogen and oxygen atoms in total. The lowest BCUT2D eigenvalue weighted by atomic mass is 10.0. The van der Waals surface area contributed by atoms with Crippen LogP contribution in [0.2, 0.25) is 0 Å². The van der Waals surface area contributed by atoms with E-state index in [1.165, 1.54) is 35.4 Å². The maximum Gasteiger partial charge on any atom is 0.420 e. The summed E-state index contributed by atoms with van der Waals surface area (Å²) in [5, 5.41) is 0.237. The number of piperidine rings is 1. The van der Waals surface area contributed by atoms with E-state index in [0.717, 1.165) is 6.07 Å². The number of nitrogens with zero attached hydrogens (tertiary/aromatic N) is 2. The predicted octanol–water partition coefficient (Wildman–Crippen LogP) is 4.84. The number of hydrogen-bond acceptors (Lipinski definition) is 4. The highest BCUT2D eigenvalue weighted by molar-refractivity contribution is 5.94. The zero-order valence-corrected chi connectivity index (χ0v) is 16.2. The molecular weight excluding hydrogens is 421 g/mol. The Morgan fingerprint density at radius 2 is 1.87 bits per heavy atom. The first-order chi connectivity index (χ1) is 14.6. The Labute approximate surface area is 173 Å². The molecule has 164 valence electrons. The Morgan fingerprint density at radius 1 is 1.16 bits per heavy atom. The number of rotatable bonds is 3. The van der Waals surface area contributed by atoms with Crippen LogP contribution in [0, 0.1) is 0 Å². The maximum atomic E-state index is 13.5. The Morgan fingerprint density at radius 3 is 2.45 bits per heavy atom. The molecule has 31 heavy (non-hydrogen) atoms. The van der Waals surface area contributed by atoms with E-state index in [0.29, 0.717) is 0 Å². The first-order valence-corrected chi connectivity index (χ1v) is 9.55. The van der Waals surface area contributed by atoms with E-state index < -0.39 is 36.4 Å². The van der Waals surface area contributed by atoms with Gasteiger partial charge in [-0.3, -0.25) is 9.78 Å². The molecule has 0 atom stereocenters. The number of amides is 1. The fraction of sp³-hybridized carbons (Fsp3) is 0.333. The number of halogens is 5. The van der Waals surface area contributed by atoms with Crippen LogP contribution in [0.25, 0.3) is 22.2 Å². The molecule has 10 heteroatoms. The minimum Gasteiger partial charge on any atom is -0.459 e. The molecule has 0 aliphatic carbocycles. The molecule has 0 unspecified atom stereocenters. The van der Waals surface area contributed by atoms with Gasteiger partial charge < -0.3 is 15.1 Å². The largest absolute Gasteiger partial charge is 0.459 e. The number of pyridine rings is 1. The van der Waals surface area contributed by atoms with Gasteiger partial charge in [0.15, 0.2) is 0 Å². The van der Waals surface area contributed by atoms with Gasteiger partial charge in [0.25, 0.3) is 11.8 Å². The third-order valence-corrected chi connectivity index (χ3v) is 5.26. The number of likely N-dealkylation sites (tertiary alicyclic amines) is 1. The van der Waals surface area contributed by atoms with Crippen LogP contribution in [0.4, 0.5) is 22.0 Å². The van der Waals surface area contributed by atoms with Gasteiger partial charge in [-0.1, -0.05) is 0 Å². The van der Waals surface area contributed by atoms with Gasteiger partial charge in [0, 0.05) is 43.1 Å². The number of nitrogens with two attached hydrogens (primary N) is 1. The van der Waals surface area contributed by atoms with E-state index >= 15 is 0 Å². The van der Waals surface area contributed by atoms with Crippen molar-refractivity contribution in [2.45, 2.75) is 31.5 Å². The van der Waals surface area contributed by atoms with Crippen LogP contribution in [0.3, 0.4) is 0 Å². The molecule has 1 aliphatic heterocycles. The van der Waals surface area contributed by atoms with Gasteiger partial charge in [0.2, 0.25) is 0 Å². The number of fused-ring (bicyclic) bond motifs is 1. The number of carbonyl (C=O) groups is 1. The van der Waals surface area contributed by atoms with Crippen molar-refractivity contribution >= 4 is 16.9 Å². The lowest BCUT2D eigenvalue weighted by Gasteiger charge is -2.31. The summed E-state index contributed by atoms with van der Waals surface area (Å²) in [6.45, 7) is -0.175. The molecule has 0 saturated carbocycles. The average Bonchev–Trinajstić information content (AvgIpc) is 3.15. The minimum absolute atomic E-state index is 0.0429. The number of furan rings is 1. The summed E-state index contributed by atoms with van der Waals surface area (Å²) < 4.78 is 72.4. The summed E-state index contributed by atoms with van der Waals surface area (Å²) in [5.41, 5.74) is 4.83. The van der Waals surface area contributed by atoms with Crippen LogP contribution < -0.4 is 5.73 Å². The fourth-order valence-electron chi connectivity index (χ4n) is 3.58. The second kappa shape index (κ2) is 7.60. The van der Waals surface area contributed by atoms with Crippen molar-refractivity contribution in [1.29, 1.82) is 0 Å². The van der Waals surface area contributed by atoms with Crippen molar-refractivity contribution in [2.24, 2.45) is 5.73 Å². The number of benzene rings is 1. The zero-order valence-electron chi connectivity index (χ0n) is 16.2. The SMILES string of the molecule is NCc1cc2cc(-c3ccc(C(=O)N4CCC(F)(F)CC4)cn3)cc(C(F)(F)F)c2o1. The quantitative estimate of drug-likeness (QED) is 0.593. The molecule has 3 heterocycles. The Balaban J connectivity index is 1.64. The Bertz CT molecular complexity index is 1110. The summed E-state index contributed by atoms with van der Waals surface area (Å²) in [4.78, 5) is 18.0. The van der Waals surface area contributed by atoms with E-state index in [9.17, 15) is 26.7 Å². The van der Waals surface area contributed by atoms with Crippen LogP contribution in [0.5, 0.6) is 0 Å². The lowest BCUT2D eigenvalue weighted by molar-refractivity contribution is -0.136. The average molecular weight is 439 g/mol. The molecule has 1 saturated heterocycles. The topological polar surface area (TPSA) is 72.4 Å². The molecule has 2 aromatic heterocycles. The zero-order chi connectivity index (χ0) is 22.4. The second-order valence-corrected chi connectivity index (χ2v) is 7.44. The van der Waals surface area contributed by atoms with Crippen molar-refractivity contribution in [2.75, 3.05) is 13.1 Å². The van der Waals surface area contributed by atoms with Crippen LogP contribution in [0.1, 0.15) is 34.5 Å². The lowest BCUT2D eigenvalue weighted by Crippen LogP contribution is -2.42. The highest BCUT2D eigenvalue weighted by Gasteiger charge is 2.36. The molecule has 1 fully saturated rings. The van der Waals surface area contributed by atoms with Crippen molar-refractivity contribution in [3.05, 3.63) is 53.4 Å². The van der Waals surface area contributed by atoms with Crippen LogP contribution in [0.15, 0.2) is 40.9 Å². The summed E-state index contributed by atoms with van der Waals surface area (Å²) in [6.07, 6.45) is -4.22. The molecule has 1 aliphatic rings. The van der Waals surface area contributed by atoms with Crippen molar-refractivity contribution in [3.8, 4) is 11.3 Å². The standard InChI is InChI=1S/C21H18F5N3O2/c22-20(23)3-5-29(6-4-20)19(30)12-1-2-17(28-11-12)13-7-14-8-15(10-27)31-18(14)16(9-13)21(24,25)26/h1-2,7-9,11H,3-6,10,27H2. The number of alkyl halides is 5. The van der Waals surface area contributed by atoms with E-state index in [2.05, 4.69) is 4.98 Å². The van der Waals surface area contributed by atoms with Crippen molar-refractivity contribution in [3.63, 3.8) is 0 Å². The summed E-state index contributed by atoms with van der Waals surface area (Å²) in [7, 11) is 0. The van der Waals surface area contributed by atoms with Gasteiger partial charge in [-0.05, 0) is 30.3 Å². The normalized spacial score (nSPS) is 16.6. The van der Waals surface area contributed by atoms with Gasteiger partial charge >= 0.3 is 6.18 Å². The minimum atomic E-state index is -4.65. The van der Waals surface area contributed by atoms with E-state index in [1.807, 2.05) is 0 Å². The first kappa shape index (κ1) is 21.2. The number of carbonyl (C=O) groups excluding carboxylic acids is 1. The van der Waals surface area contributed by atoms with Gasteiger partial charge in [0.1, 0.15) is 11.3 Å². The third kappa shape index (κ3) is 4.25. The molecule has 3 aromatic rings. The van der Waals surface area contributed by atoms with E-state index in [1.54, 1.807) is 0 Å². The first-order valence-electron chi connectivity index (χ1n) is 9.55. The van der Waals surface area contributed by atoms with Crippen LogP contribution >= 0.6 is 0 Å². The molecule has 4 rings (SSSR count). The number of hydrogen-bond donors (Lipinski definition) is 1. The smallest absolute Gasteiger partial charge is 0.420 e. The molecule has 1 amide bonds. The summed E-state index contributed by atoms with van der Waals surface area (Å²) in [5.74, 6) is -2.99. The van der Waals surface area contributed by atoms with Gasteiger partial charge in [-0.15, -0.1) is 0 Å². The van der Waals surface area contributed by atoms with E-state index in [4.69, 9.17) is 10.2 Å². The maximum absolute atomic E-state index is 13.5.